The van der Waals surface area contributed by atoms with E-state index in [0.29, 0.717) is 31.6 Å². The molecule has 3 amide bonds. The van der Waals surface area contributed by atoms with Gasteiger partial charge in [-0.2, -0.15) is 0 Å². The van der Waals surface area contributed by atoms with Crippen LogP contribution in [0.1, 0.15) is 27.0 Å². The quantitative estimate of drug-likeness (QED) is 0.669. The fraction of sp³-hybridized carbons (Fsp3) is 0.231. The van der Waals surface area contributed by atoms with Gasteiger partial charge in [-0.15, -0.1) is 0 Å². The molecule has 0 saturated carbocycles. The number of rotatable bonds is 4. The van der Waals surface area contributed by atoms with E-state index < -0.39 is 5.66 Å². The van der Waals surface area contributed by atoms with Gasteiger partial charge in [0.05, 0.1) is 0 Å². The van der Waals surface area contributed by atoms with Crippen molar-refractivity contribution in [3.63, 3.8) is 0 Å². The molecule has 3 aromatic carbocycles. The Kier molecular flexibility index (Phi) is 5.05. The second kappa shape index (κ2) is 8.04. The zero-order valence-electron chi connectivity index (χ0n) is 17.7. The summed E-state index contributed by atoms with van der Waals surface area (Å²) < 4.78 is 0. The van der Waals surface area contributed by atoms with E-state index in [1.54, 1.807) is 34.1 Å². The molecule has 0 aromatic heterocycles. The Morgan fingerprint density at radius 3 is 2.44 bits per heavy atom. The van der Waals surface area contributed by atoms with Crippen LogP contribution in [0, 0.1) is 0 Å². The molecule has 32 heavy (non-hydrogen) atoms. The predicted molar refractivity (Wildman–Crippen MR) is 121 cm³/mol. The Labute approximate surface area is 187 Å². The van der Waals surface area contributed by atoms with E-state index in [2.05, 4.69) is 5.32 Å². The third kappa shape index (κ3) is 3.28. The highest BCUT2D eigenvalue weighted by Crippen LogP contribution is 2.45. The van der Waals surface area contributed by atoms with Crippen molar-refractivity contribution in [2.24, 2.45) is 0 Å². The second-order valence-corrected chi connectivity index (χ2v) is 8.27. The maximum atomic E-state index is 13.4. The Hall–Kier alpha value is -3.80. The molecular formula is C26H25N3O3. The number of amides is 3. The highest BCUT2D eigenvalue weighted by Gasteiger charge is 2.55. The summed E-state index contributed by atoms with van der Waals surface area (Å²) in [5.74, 6) is 0.0793. The van der Waals surface area contributed by atoms with Gasteiger partial charge in [-0.25, -0.2) is 4.79 Å². The molecule has 5 rings (SSSR count). The van der Waals surface area contributed by atoms with Gasteiger partial charge in [-0.3, -0.25) is 9.69 Å². The van der Waals surface area contributed by atoms with Gasteiger partial charge in [-0.05, 0) is 41.3 Å². The van der Waals surface area contributed by atoms with Crippen LogP contribution in [0.5, 0.6) is 5.75 Å². The van der Waals surface area contributed by atoms with Gasteiger partial charge in [0.1, 0.15) is 11.4 Å². The lowest BCUT2D eigenvalue weighted by molar-refractivity contribution is 0.0203. The van der Waals surface area contributed by atoms with E-state index in [4.69, 9.17) is 0 Å². The topological polar surface area (TPSA) is 72.9 Å². The summed E-state index contributed by atoms with van der Waals surface area (Å²) in [6.07, 6.45) is 1.24. The first-order valence-electron chi connectivity index (χ1n) is 10.9. The van der Waals surface area contributed by atoms with Gasteiger partial charge in [0, 0.05) is 31.6 Å². The van der Waals surface area contributed by atoms with Gasteiger partial charge in [0.25, 0.3) is 5.91 Å². The minimum Gasteiger partial charge on any atom is -0.508 e. The van der Waals surface area contributed by atoms with Crippen molar-refractivity contribution in [1.82, 2.24) is 15.1 Å². The van der Waals surface area contributed by atoms with Crippen LogP contribution in [0.3, 0.4) is 0 Å². The van der Waals surface area contributed by atoms with Gasteiger partial charge in [0.2, 0.25) is 0 Å². The fourth-order valence-electron chi connectivity index (χ4n) is 4.94. The molecule has 1 fully saturated rings. The van der Waals surface area contributed by atoms with Crippen LogP contribution < -0.4 is 5.32 Å². The van der Waals surface area contributed by atoms with E-state index in [0.717, 1.165) is 23.1 Å². The largest absolute Gasteiger partial charge is 0.508 e. The van der Waals surface area contributed by atoms with Gasteiger partial charge in [0.15, 0.2) is 0 Å². The lowest BCUT2D eigenvalue weighted by Crippen LogP contribution is -2.60. The molecule has 3 aromatic rings. The number of urea groups is 1. The normalized spacial score (nSPS) is 19.4. The van der Waals surface area contributed by atoms with Crippen LogP contribution >= 0.6 is 0 Å². The van der Waals surface area contributed by atoms with Crippen molar-refractivity contribution in [2.45, 2.75) is 18.5 Å². The fourth-order valence-corrected chi connectivity index (χ4v) is 4.94. The lowest BCUT2D eigenvalue weighted by Gasteiger charge is -2.47. The minimum atomic E-state index is -0.921. The lowest BCUT2D eigenvalue weighted by atomic mass is 9.84. The molecule has 0 bridgehead atoms. The number of nitrogens with zero attached hydrogens (tertiary/aromatic N) is 2. The predicted octanol–water partition coefficient (Wildman–Crippen LogP) is 3.51. The van der Waals surface area contributed by atoms with Crippen LogP contribution in [0.4, 0.5) is 4.79 Å². The third-order valence-electron chi connectivity index (χ3n) is 6.48. The number of nitrogens with one attached hydrogen (secondary N) is 1. The smallest absolute Gasteiger partial charge is 0.319 e. The van der Waals surface area contributed by atoms with Crippen LogP contribution in [0.15, 0.2) is 78.9 Å². The van der Waals surface area contributed by atoms with Crippen molar-refractivity contribution in [2.75, 3.05) is 19.6 Å². The Balaban J connectivity index is 1.48. The summed E-state index contributed by atoms with van der Waals surface area (Å²) in [6, 6.07) is 24.3. The maximum absolute atomic E-state index is 13.4. The first-order chi connectivity index (χ1) is 15.6. The van der Waals surface area contributed by atoms with E-state index in [9.17, 15) is 14.7 Å². The van der Waals surface area contributed by atoms with Gasteiger partial charge in [-0.1, -0.05) is 60.7 Å². The molecule has 0 spiro atoms. The molecule has 6 nitrogen and oxygen atoms in total. The van der Waals surface area contributed by atoms with Gasteiger partial charge >= 0.3 is 6.03 Å². The van der Waals surface area contributed by atoms with E-state index >= 15 is 0 Å². The molecule has 0 aliphatic carbocycles. The molecule has 2 aliphatic rings. The van der Waals surface area contributed by atoms with Crippen molar-refractivity contribution in [3.05, 3.63) is 101 Å². The van der Waals surface area contributed by atoms with Crippen LogP contribution in [0.25, 0.3) is 0 Å². The molecular weight excluding hydrogens is 402 g/mol. The number of fused-ring (bicyclic) bond motifs is 2. The molecule has 2 N–H and O–H groups in total. The Morgan fingerprint density at radius 2 is 1.66 bits per heavy atom. The number of benzene rings is 3. The van der Waals surface area contributed by atoms with E-state index in [-0.39, 0.29) is 17.7 Å². The number of carbonyl (C=O) groups excluding carboxylic acids is 2. The van der Waals surface area contributed by atoms with Gasteiger partial charge < -0.3 is 15.3 Å². The number of phenolic OH excluding ortho intramolecular Hbond substituents is 1. The summed E-state index contributed by atoms with van der Waals surface area (Å²) in [4.78, 5) is 30.4. The van der Waals surface area contributed by atoms with Crippen LogP contribution in [0.2, 0.25) is 0 Å². The summed E-state index contributed by atoms with van der Waals surface area (Å²) in [7, 11) is 0. The minimum absolute atomic E-state index is 0.0699. The highest BCUT2D eigenvalue weighted by molar-refractivity contribution is 5.98. The van der Waals surface area contributed by atoms with E-state index in [1.165, 1.54) is 0 Å². The number of hydrogen-bond acceptors (Lipinski definition) is 3. The molecule has 1 unspecified atom stereocenters. The van der Waals surface area contributed by atoms with Crippen molar-refractivity contribution in [1.29, 1.82) is 0 Å². The molecule has 2 aliphatic heterocycles. The molecule has 1 atom stereocenters. The Morgan fingerprint density at radius 1 is 0.938 bits per heavy atom. The molecule has 6 heteroatoms. The Bertz CT molecular complexity index is 1150. The third-order valence-corrected chi connectivity index (χ3v) is 6.48. The molecule has 0 radical (unpaired) electrons. The van der Waals surface area contributed by atoms with Crippen LogP contribution in [-0.2, 0) is 18.5 Å². The maximum Gasteiger partial charge on any atom is 0.319 e. The highest BCUT2D eigenvalue weighted by atomic mass is 16.3. The SMILES string of the molecule is O=C(NCCc1ccccc1)N1CCN2C(=O)c3ccccc3CC12c1ccc(O)cc1. The monoisotopic (exact) mass is 427 g/mol. The molecule has 1 saturated heterocycles. The summed E-state index contributed by atoms with van der Waals surface area (Å²) in [5.41, 5.74) is 2.66. The first kappa shape index (κ1) is 20.1. The van der Waals surface area contributed by atoms with Crippen molar-refractivity contribution in [3.8, 4) is 5.75 Å². The summed E-state index contributed by atoms with van der Waals surface area (Å²) >= 11 is 0. The van der Waals surface area contributed by atoms with E-state index in [1.807, 2.05) is 54.6 Å². The number of phenols is 1. The average molecular weight is 428 g/mol. The molecule has 162 valence electrons. The zero-order valence-corrected chi connectivity index (χ0v) is 17.7. The number of carbonyl (C=O) groups is 2. The zero-order chi connectivity index (χ0) is 22.1. The summed E-state index contributed by atoms with van der Waals surface area (Å²) in [6.45, 7) is 1.41. The summed E-state index contributed by atoms with van der Waals surface area (Å²) in [5, 5.41) is 12.9. The van der Waals surface area contributed by atoms with Crippen molar-refractivity contribution < 1.29 is 14.7 Å². The van der Waals surface area contributed by atoms with Crippen molar-refractivity contribution >= 4 is 11.9 Å². The number of aromatic hydroxyl groups is 1. The first-order valence-corrected chi connectivity index (χ1v) is 10.9. The standard InChI is InChI=1S/C26H25N3O3/c30-22-12-10-21(11-13-22)26-18-20-8-4-5-9-23(20)24(31)28(26)16-17-29(26)25(32)27-15-14-19-6-2-1-3-7-19/h1-13,30H,14-18H2,(H,27,32). The number of hydrogen-bond donors (Lipinski definition) is 2. The average Bonchev–Trinajstić information content (AvgIpc) is 3.21. The van der Waals surface area contributed by atoms with Crippen LogP contribution in [-0.4, -0.2) is 46.5 Å². The second-order valence-electron chi connectivity index (χ2n) is 8.27. The molecule has 2 heterocycles.